The highest BCUT2D eigenvalue weighted by atomic mass is 35.5. The minimum Gasteiger partial charge on any atom is -0.355 e. The van der Waals surface area contributed by atoms with Crippen LogP contribution in [-0.2, 0) is 16.0 Å². The van der Waals surface area contributed by atoms with E-state index in [1.807, 2.05) is 12.1 Å². The fourth-order valence-electron chi connectivity index (χ4n) is 2.71. The van der Waals surface area contributed by atoms with Gasteiger partial charge >= 0.3 is 0 Å². The molecule has 1 aliphatic rings. The Kier molecular flexibility index (Phi) is 5.23. The zero-order valence-electron chi connectivity index (χ0n) is 13.8. The first-order valence-corrected chi connectivity index (χ1v) is 8.58. The normalized spacial score (nSPS) is 14.6. The summed E-state index contributed by atoms with van der Waals surface area (Å²) in [5.74, 6) is -2.89. The molecule has 2 aromatic rings. The van der Waals surface area contributed by atoms with Gasteiger partial charge < -0.3 is 10.6 Å². The quantitative estimate of drug-likeness (QED) is 0.753. The van der Waals surface area contributed by atoms with Crippen molar-refractivity contribution in [3.8, 4) is 0 Å². The summed E-state index contributed by atoms with van der Waals surface area (Å²) in [4.78, 5) is 24.8. The van der Waals surface area contributed by atoms with Gasteiger partial charge in [0.1, 0.15) is 22.7 Å². The average Bonchev–Trinajstić information content (AvgIpc) is 3.40. The van der Waals surface area contributed by atoms with Crippen molar-refractivity contribution in [3.05, 3.63) is 64.7 Å². The number of benzene rings is 2. The lowest BCUT2D eigenvalue weighted by Crippen LogP contribution is -2.41. The number of hydrogen-bond acceptors (Lipinski definition) is 2. The Morgan fingerprint density at radius 1 is 1.04 bits per heavy atom. The summed E-state index contributed by atoms with van der Waals surface area (Å²) < 4.78 is 27.4. The first-order chi connectivity index (χ1) is 12.4. The summed E-state index contributed by atoms with van der Waals surface area (Å²) in [5.41, 5.74) is -0.834. The second-order valence-corrected chi connectivity index (χ2v) is 6.71. The van der Waals surface area contributed by atoms with E-state index in [9.17, 15) is 18.4 Å². The van der Waals surface area contributed by atoms with Crippen LogP contribution in [-0.4, -0.2) is 18.4 Å². The van der Waals surface area contributed by atoms with Crippen LogP contribution in [0.15, 0.2) is 42.5 Å². The Labute approximate surface area is 154 Å². The van der Waals surface area contributed by atoms with E-state index in [0.717, 1.165) is 17.7 Å². The monoisotopic (exact) mass is 378 g/mol. The van der Waals surface area contributed by atoms with Crippen LogP contribution in [0.4, 0.5) is 14.5 Å². The van der Waals surface area contributed by atoms with E-state index in [1.165, 1.54) is 6.07 Å². The molecular formula is C19H17ClF2N2O2. The summed E-state index contributed by atoms with van der Waals surface area (Å²) in [6, 6.07) is 10.6. The molecule has 0 bridgehead atoms. The van der Waals surface area contributed by atoms with Crippen LogP contribution in [0.5, 0.6) is 0 Å². The molecule has 3 rings (SSSR count). The van der Waals surface area contributed by atoms with Gasteiger partial charge in [0.25, 0.3) is 0 Å². The van der Waals surface area contributed by atoms with E-state index < -0.39 is 34.6 Å². The number of anilines is 1. The van der Waals surface area contributed by atoms with Gasteiger partial charge in [0.05, 0.1) is 0 Å². The van der Waals surface area contributed by atoms with E-state index >= 15 is 0 Å². The molecule has 1 fully saturated rings. The zero-order chi connectivity index (χ0) is 18.7. The predicted molar refractivity (Wildman–Crippen MR) is 94.8 cm³/mol. The summed E-state index contributed by atoms with van der Waals surface area (Å²) in [6.07, 6.45) is 1.25. The molecule has 0 atom stereocenters. The second-order valence-electron chi connectivity index (χ2n) is 6.27. The topological polar surface area (TPSA) is 58.2 Å². The molecule has 1 saturated carbocycles. The van der Waals surface area contributed by atoms with Crippen molar-refractivity contribution in [1.29, 1.82) is 0 Å². The number of halogens is 3. The molecule has 2 amide bonds. The Morgan fingerprint density at radius 3 is 2.31 bits per heavy atom. The van der Waals surface area contributed by atoms with E-state index in [4.69, 9.17) is 11.6 Å². The highest BCUT2D eigenvalue weighted by Crippen LogP contribution is 2.47. The molecule has 0 unspecified atom stereocenters. The van der Waals surface area contributed by atoms with Crippen LogP contribution in [0.1, 0.15) is 18.4 Å². The third-order valence-electron chi connectivity index (χ3n) is 4.41. The van der Waals surface area contributed by atoms with Gasteiger partial charge in [0, 0.05) is 11.6 Å². The SMILES string of the molecule is O=C(NCCc1cccc(Cl)c1)C1(C(=O)Nc2c(F)cccc2F)CC1. The number of hydrogen-bond donors (Lipinski definition) is 2. The molecule has 7 heteroatoms. The summed E-state index contributed by atoms with van der Waals surface area (Å²) in [7, 11) is 0. The van der Waals surface area contributed by atoms with Gasteiger partial charge in [-0.25, -0.2) is 8.78 Å². The van der Waals surface area contributed by atoms with Crippen molar-refractivity contribution in [2.75, 3.05) is 11.9 Å². The van der Waals surface area contributed by atoms with E-state index in [-0.39, 0.29) is 0 Å². The van der Waals surface area contributed by atoms with Crippen LogP contribution in [0.25, 0.3) is 0 Å². The molecule has 2 N–H and O–H groups in total. The lowest BCUT2D eigenvalue weighted by molar-refractivity contribution is -0.134. The maximum Gasteiger partial charge on any atom is 0.240 e. The van der Waals surface area contributed by atoms with Gasteiger partial charge in [0.15, 0.2) is 0 Å². The van der Waals surface area contributed by atoms with Crippen LogP contribution < -0.4 is 10.6 Å². The number of nitrogens with one attached hydrogen (secondary N) is 2. The minimum atomic E-state index is -1.26. The van der Waals surface area contributed by atoms with Crippen LogP contribution in [0.3, 0.4) is 0 Å². The Hall–Kier alpha value is -2.47. The number of carbonyl (C=O) groups excluding carboxylic acids is 2. The smallest absolute Gasteiger partial charge is 0.240 e. The van der Waals surface area contributed by atoms with Crippen molar-refractivity contribution >= 4 is 29.1 Å². The van der Waals surface area contributed by atoms with Gasteiger partial charge in [-0.1, -0.05) is 29.8 Å². The lowest BCUT2D eigenvalue weighted by atomic mass is 10.0. The summed E-state index contributed by atoms with van der Waals surface area (Å²) >= 11 is 5.91. The van der Waals surface area contributed by atoms with Crippen molar-refractivity contribution in [2.24, 2.45) is 5.41 Å². The first kappa shape index (κ1) is 18.3. The first-order valence-electron chi connectivity index (χ1n) is 8.20. The highest BCUT2D eigenvalue weighted by Gasteiger charge is 2.56. The maximum atomic E-state index is 13.7. The Bertz CT molecular complexity index is 833. The fraction of sp³-hybridized carbons (Fsp3) is 0.263. The molecule has 0 aliphatic heterocycles. The maximum absolute atomic E-state index is 13.7. The minimum absolute atomic E-state index is 0.336. The highest BCUT2D eigenvalue weighted by molar-refractivity contribution is 6.30. The van der Waals surface area contributed by atoms with Crippen molar-refractivity contribution in [1.82, 2.24) is 5.32 Å². The molecule has 2 aromatic carbocycles. The van der Waals surface area contributed by atoms with Crippen molar-refractivity contribution in [3.63, 3.8) is 0 Å². The lowest BCUT2D eigenvalue weighted by Gasteiger charge is -2.16. The number of carbonyl (C=O) groups is 2. The molecular weight excluding hydrogens is 362 g/mol. The molecule has 0 saturated heterocycles. The Morgan fingerprint density at radius 2 is 1.69 bits per heavy atom. The van der Waals surface area contributed by atoms with Crippen LogP contribution in [0.2, 0.25) is 5.02 Å². The van der Waals surface area contributed by atoms with E-state index in [1.54, 1.807) is 12.1 Å². The summed E-state index contributed by atoms with van der Waals surface area (Å²) in [6.45, 7) is 0.336. The van der Waals surface area contributed by atoms with Gasteiger partial charge in [-0.2, -0.15) is 0 Å². The van der Waals surface area contributed by atoms with E-state index in [2.05, 4.69) is 10.6 Å². The number of rotatable bonds is 6. The van der Waals surface area contributed by atoms with Crippen LogP contribution >= 0.6 is 11.6 Å². The number of para-hydroxylation sites is 1. The third-order valence-corrected chi connectivity index (χ3v) is 4.64. The van der Waals surface area contributed by atoms with Gasteiger partial charge in [-0.3, -0.25) is 9.59 Å². The molecule has 0 aromatic heterocycles. The molecule has 0 heterocycles. The predicted octanol–water partition coefficient (Wildman–Crippen LogP) is 3.70. The number of amides is 2. The molecule has 1 aliphatic carbocycles. The van der Waals surface area contributed by atoms with Crippen molar-refractivity contribution < 1.29 is 18.4 Å². The van der Waals surface area contributed by atoms with Gasteiger partial charge in [-0.05, 0) is 49.1 Å². The van der Waals surface area contributed by atoms with Gasteiger partial charge in [0.2, 0.25) is 11.8 Å². The fourth-order valence-corrected chi connectivity index (χ4v) is 2.93. The second kappa shape index (κ2) is 7.41. The molecule has 4 nitrogen and oxygen atoms in total. The molecule has 0 radical (unpaired) electrons. The average molecular weight is 379 g/mol. The molecule has 0 spiro atoms. The van der Waals surface area contributed by atoms with Crippen molar-refractivity contribution in [2.45, 2.75) is 19.3 Å². The molecule has 26 heavy (non-hydrogen) atoms. The zero-order valence-corrected chi connectivity index (χ0v) is 14.6. The summed E-state index contributed by atoms with van der Waals surface area (Å²) in [5, 5.41) is 5.54. The largest absolute Gasteiger partial charge is 0.355 e. The Balaban J connectivity index is 1.59. The van der Waals surface area contributed by atoms with Gasteiger partial charge in [-0.15, -0.1) is 0 Å². The standard InChI is InChI=1S/C19H17ClF2N2O2/c20-13-4-1-3-12(11-13)7-10-23-17(25)19(8-9-19)18(26)24-16-14(21)5-2-6-15(16)22/h1-6,11H,7-10H2,(H,23,25)(H,24,26). The molecule has 136 valence electrons. The third kappa shape index (κ3) is 3.85. The van der Waals surface area contributed by atoms with Crippen LogP contribution in [0, 0.1) is 17.0 Å². The van der Waals surface area contributed by atoms with E-state index in [0.29, 0.717) is 30.8 Å².